The van der Waals surface area contributed by atoms with Gasteiger partial charge in [0, 0.05) is 0 Å². The summed E-state index contributed by atoms with van der Waals surface area (Å²) in [6.07, 6.45) is 5.14. The number of carbonyl (C=O) groups is 1. The molecule has 62 valence electrons. The average Bonchev–Trinajstić information content (AvgIpc) is 2.15. The van der Waals surface area contributed by atoms with E-state index < -0.39 is 0 Å². The molecule has 0 atom stereocenters. The largest absolute Gasteiger partial charge is 0.299 e. The van der Waals surface area contributed by atoms with Gasteiger partial charge < -0.3 is 0 Å². The Kier molecular flexibility index (Phi) is 3.27. The lowest BCUT2D eigenvalue weighted by molar-refractivity contribution is -0.104. The first kappa shape index (κ1) is 8.72. The summed E-state index contributed by atoms with van der Waals surface area (Å²) in [5, 5.41) is 0. The molecule has 0 fully saturated rings. The second kappa shape index (κ2) is 4.50. The number of allylic oxidation sites excluding steroid dienone is 1. The van der Waals surface area contributed by atoms with E-state index >= 15 is 0 Å². The van der Waals surface area contributed by atoms with Gasteiger partial charge in [0.15, 0.2) is 0 Å². The number of benzene rings is 1. The van der Waals surface area contributed by atoms with Crippen LogP contribution in [-0.2, 0) is 11.2 Å². The van der Waals surface area contributed by atoms with Gasteiger partial charge in [-0.2, -0.15) is 0 Å². The molecule has 0 amide bonds. The van der Waals surface area contributed by atoms with Crippen LogP contribution in [0, 0.1) is 0 Å². The van der Waals surface area contributed by atoms with Gasteiger partial charge in [-0.1, -0.05) is 37.3 Å². The van der Waals surface area contributed by atoms with Crippen LogP contribution in [0.3, 0.4) is 0 Å². The summed E-state index contributed by atoms with van der Waals surface area (Å²) in [5.41, 5.74) is 2.39. The maximum absolute atomic E-state index is 10.0. The number of rotatable bonds is 3. The van der Waals surface area contributed by atoms with Crippen LogP contribution in [-0.4, -0.2) is 6.29 Å². The van der Waals surface area contributed by atoms with Crippen molar-refractivity contribution in [2.45, 2.75) is 13.3 Å². The summed E-state index contributed by atoms with van der Waals surface area (Å²) < 4.78 is 0. The zero-order valence-corrected chi connectivity index (χ0v) is 7.16. The third kappa shape index (κ3) is 2.35. The molecule has 1 nitrogen and oxygen atoms in total. The van der Waals surface area contributed by atoms with Crippen molar-refractivity contribution >= 4 is 12.4 Å². The fourth-order valence-electron chi connectivity index (χ4n) is 1.01. The van der Waals surface area contributed by atoms with Crippen molar-refractivity contribution in [3.8, 4) is 0 Å². The highest BCUT2D eigenvalue weighted by molar-refractivity contribution is 5.73. The highest BCUT2D eigenvalue weighted by Crippen LogP contribution is 2.05. The molecule has 0 aliphatic rings. The maximum Gasteiger partial charge on any atom is 0.142 e. The zero-order valence-electron chi connectivity index (χ0n) is 7.16. The van der Waals surface area contributed by atoms with E-state index in [-0.39, 0.29) is 0 Å². The predicted octanol–water partition coefficient (Wildman–Crippen LogP) is 2.46. The summed E-state index contributed by atoms with van der Waals surface area (Å²) in [6, 6.07) is 8.17. The van der Waals surface area contributed by atoms with E-state index in [0.717, 1.165) is 18.3 Å². The average molecular weight is 160 g/mol. The second-order valence-electron chi connectivity index (χ2n) is 2.59. The Morgan fingerprint density at radius 1 is 1.25 bits per heavy atom. The van der Waals surface area contributed by atoms with Crippen molar-refractivity contribution in [1.29, 1.82) is 0 Å². The van der Waals surface area contributed by atoms with Crippen LogP contribution in [0.2, 0.25) is 0 Å². The molecule has 1 heteroatoms. The predicted molar refractivity (Wildman–Crippen MR) is 50.9 cm³/mol. The Balaban J connectivity index is 2.77. The monoisotopic (exact) mass is 160 g/mol. The van der Waals surface area contributed by atoms with Crippen molar-refractivity contribution in [3.05, 3.63) is 41.5 Å². The van der Waals surface area contributed by atoms with Gasteiger partial charge in [-0.3, -0.25) is 4.79 Å². The molecular weight excluding hydrogens is 148 g/mol. The summed E-state index contributed by atoms with van der Waals surface area (Å²) in [6.45, 7) is 2.12. The van der Waals surface area contributed by atoms with Crippen LogP contribution in [0.1, 0.15) is 18.1 Å². The summed E-state index contributed by atoms with van der Waals surface area (Å²) in [5.74, 6) is 0. The molecule has 0 heterocycles. The smallest absolute Gasteiger partial charge is 0.142 e. The Labute approximate surface area is 72.7 Å². The highest BCUT2D eigenvalue weighted by atomic mass is 16.1. The van der Waals surface area contributed by atoms with E-state index in [1.165, 1.54) is 11.6 Å². The summed E-state index contributed by atoms with van der Waals surface area (Å²) >= 11 is 0. The van der Waals surface area contributed by atoms with E-state index in [2.05, 4.69) is 19.1 Å². The van der Waals surface area contributed by atoms with Gasteiger partial charge in [0.1, 0.15) is 6.29 Å². The van der Waals surface area contributed by atoms with Gasteiger partial charge in [-0.25, -0.2) is 0 Å². The number of hydrogen-bond acceptors (Lipinski definition) is 1. The topological polar surface area (TPSA) is 17.1 Å². The van der Waals surface area contributed by atoms with E-state index in [9.17, 15) is 4.79 Å². The third-order valence-electron chi connectivity index (χ3n) is 1.76. The summed E-state index contributed by atoms with van der Waals surface area (Å²) in [4.78, 5) is 10.0. The van der Waals surface area contributed by atoms with Gasteiger partial charge in [-0.15, -0.1) is 0 Å². The lowest BCUT2D eigenvalue weighted by Gasteiger charge is -1.95. The standard InChI is InChI=1S/C11H12O/c1-2-10-5-7-11(8-6-10)4-3-9-12/h3-9H,2H2,1H3. The van der Waals surface area contributed by atoms with Crippen LogP contribution in [0.25, 0.3) is 6.08 Å². The summed E-state index contributed by atoms with van der Waals surface area (Å²) in [7, 11) is 0. The minimum Gasteiger partial charge on any atom is -0.299 e. The van der Waals surface area contributed by atoms with Crippen molar-refractivity contribution < 1.29 is 4.79 Å². The molecule has 1 aromatic carbocycles. The van der Waals surface area contributed by atoms with Crippen LogP contribution in [0.4, 0.5) is 0 Å². The molecule has 0 unspecified atom stereocenters. The fourth-order valence-corrected chi connectivity index (χ4v) is 1.01. The number of carbonyl (C=O) groups excluding carboxylic acids is 1. The van der Waals surface area contributed by atoms with Crippen LogP contribution >= 0.6 is 0 Å². The molecule has 0 aromatic heterocycles. The highest BCUT2D eigenvalue weighted by Gasteiger charge is 1.87. The molecule has 0 saturated carbocycles. The van der Waals surface area contributed by atoms with Crippen LogP contribution in [0.5, 0.6) is 0 Å². The van der Waals surface area contributed by atoms with Crippen LogP contribution in [0.15, 0.2) is 30.3 Å². The molecule has 0 saturated heterocycles. The second-order valence-corrected chi connectivity index (χ2v) is 2.59. The first-order valence-corrected chi connectivity index (χ1v) is 4.07. The Hall–Kier alpha value is -1.37. The van der Waals surface area contributed by atoms with Gasteiger partial charge in [0.25, 0.3) is 0 Å². The molecular formula is C11H12O. The molecule has 0 radical (unpaired) electrons. The van der Waals surface area contributed by atoms with E-state index in [4.69, 9.17) is 0 Å². The van der Waals surface area contributed by atoms with Crippen molar-refractivity contribution in [1.82, 2.24) is 0 Å². The first-order valence-electron chi connectivity index (χ1n) is 4.07. The molecule has 0 bridgehead atoms. The molecule has 0 N–H and O–H groups in total. The van der Waals surface area contributed by atoms with E-state index in [1.807, 2.05) is 12.1 Å². The Morgan fingerprint density at radius 3 is 2.42 bits per heavy atom. The fraction of sp³-hybridized carbons (Fsp3) is 0.182. The molecule has 12 heavy (non-hydrogen) atoms. The third-order valence-corrected chi connectivity index (χ3v) is 1.76. The number of aryl methyl sites for hydroxylation is 1. The molecule has 1 aromatic rings. The first-order chi connectivity index (χ1) is 5.86. The minimum absolute atomic E-state index is 0.785. The van der Waals surface area contributed by atoms with Crippen molar-refractivity contribution in [3.63, 3.8) is 0 Å². The minimum atomic E-state index is 0.785. The quantitative estimate of drug-likeness (QED) is 0.490. The zero-order chi connectivity index (χ0) is 8.81. The van der Waals surface area contributed by atoms with Gasteiger partial charge in [-0.05, 0) is 23.6 Å². The molecule has 1 rings (SSSR count). The van der Waals surface area contributed by atoms with Crippen molar-refractivity contribution in [2.24, 2.45) is 0 Å². The maximum atomic E-state index is 10.0. The normalized spacial score (nSPS) is 10.4. The Bertz CT molecular complexity index is 270. The lowest BCUT2D eigenvalue weighted by atomic mass is 10.1. The van der Waals surface area contributed by atoms with Gasteiger partial charge in [0.05, 0.1) is 0 Å². The van der Waals surface area contributed by atoms with Crippen LogP contribution < -0.4 is 0 Å². The lowest BCUT2D eigenvalue weighted by Crippen LogP contribution is -1.78. The van der Waals surface area contributed by atoms with Gasteiger partial charge in [0.2, 0.25) is 0 Å². The molecule has 0 spiro atoms. The molecule has 0 aliphatic heterocycles. The Morgan fingerprint density at radius 2 is 1.92 bits per heavy atom. The van der Waals surface area contributed by atoms with E-state index in [0.29, 0.717) is 0 Å². The van der Waals surface area contributed by atoms with Gasteiger partial charge >= 0.3 is 0 Å². The van der Waals surface area contributed by atoms with Crippen molar-refractivity contribution in [2.75, 3.05) is 0 Å². The molecule has 0 aliphatic carbocycles. The number of hydrogen-bond donors (Lipinski definition) is 0. The number of aldehydes is 1. The SMILES string of the molecule is CCc1ccc(C=CC=O)cc1. The van der Waals surface area contributed by atoms with E-state index in [1.54, 1.807) is 6.08 Å².